The van der Waals surface area contributed by atoms with Gasteiger partial charge >= 0.3 is 0 Å². The van der Waals surface area contributed by atoms with Gasteiger partial charge in [-0.1, -0.05) is 67.3 Å². The summed E-state index contributed by atoms with van der Waals surface area (Å²) in [6.45, 7) is 3.98. The first-order chi connectivity index (χ1) is 21.5. The summed E-state index contributed by atoms with van der Waals surface area (Å²) in [6, 6.07) is 27.5. The van der Waals surface area contributed by atoms with Crippen molar-refractivity contribution < 1.29 is 23.9 Å². The van der Waals surface area contributed by atoms with Crippen molar-refractivity contribution in [3.8, 4) is 11.5 Å². The molecule has 218 valence electrons. The molecular weight excluding hydrogens is 552 g/mol. The second-order valence-electron chi connectivity index (χ2n) is 11.2. The van der Waals surface area contributed by atoms with Crippen LogP contribution in [-0.4, -0.2) is 42.1 Å². The van der Waals surface area contributed by atoms with Gasteiger partial charge in [-0.25, -0.2) is 0 Å². The number of Topliss-reactive ketones (excluding diaryl/α,β-unsaturated/α-hetero) is 2. The molecule has 7 rings (SSSR count). The van der Waals surface area contributed by atoms with Gasteiger partial charge in [-0.2, -0.15) is 0 Å². The van der Waals surface area contributed by atoms with E-state index in [1.54, 1.807) is 61.7 Å². The Morgan fingerprint density at radius 3 is 2.48 bits per heavy atom. The molecule has 1 spiro atoms. The molecule has 0 unspecified atom stereocenters. The van der Waals surface area contributed by atoms with Crippen molar-refractivity contribution >= 4 is 29.2 Å². The van der Waals surface area contributed by atoms with Crippen LogP contribution in [-0.2, 0) is 10.2 Å². The molecule has 44 heavy (non-hydrogen) atoms. The molecule has 0 bridgehead atoms. The molecule has 4 aromatic carbocycles. The van der Waals surface area contributed by atoms with Crippen LogP contribution in [0, 0.1) is 5.92 Å². The van der Waals surface area contributed by atoms with Crippen LogP contribution in [0.25, 0.3) is 6.08 Å². The first-order valence-electron chi connectivity index (χ1n) is 14.5. The lowest BCUT2D eigenvalue weighted by Crippen LogP contribution is -2.49. The number of anilines is 1. The van der Waals surface area contributed by atoms with Gasteiger partial charge in [0.2, 0.25) is 5.91 Å². The Bertz CT molecular complexity index is 1840. The monoisotopic (exact) mass is 582 g/mol. The second-order valence-corrected chi connectivity index (χ2v) is 11.2. The normalized spacial score (nSPS) is 22.5. The maximum Gasteiger partial charge on any atom is 0.238 e. The quantitative estimate of drug-likeness (QED) is 0.196. The molecule has 0 radical (unpaired) electrons. The number of ether oxygens (including phenoxy) is 2. The van der Waals surface area contributed by atoms with Crippen LogP contribution in [0.2, 0.25) is 0 Å². The van der Waals surface area contributed by atoms with E-state index < -0.39 is 23.4 Å². The van der Waals surface area contributed by atoms with Crippen molar-refractivity contribution in [1.29, 1.82) is 0 Å². The molecule has 7 heteroatoms. The largest absolute Gasteiger partial charge is 0.497 e. The highest BCUT2D eigenvalue weighted by Gasteiger charge is 2.70. The zero-order chi connectivity index (χ0) is 30.4. The Balaban J connectivity index is 1.49. The van der Waals surface area contributed by atoms with Crippen molar-refractivity contribution in [1.82, 2.24) is 4.90 Å². The topological polar surface area (TPSA) is 84.9 Å². The number of hydrogen-bond acceptors (Lipinski definition) is 6. The number of nitrogens with one attached hydrogen (secondary N) is 1. The molecule has 3 heterocycles. The predicted octanol–water partition coefficient (Wildman–Crippen LogP) is 6.24. The minimum absolute atomic E-state index is 0.256. The number of nitrogens with zero attached hydrogens (tertiary/aromatic N) is 1. The predicted molar refractivity (Wildman–Crippen MR) is 168 cm³/mol. The molecule has 1 N–H and O–H groups in total. The summed E-state index contributed by atoms with van der Waals surface area (Å²) in [4.78, 5) is 46.2. The van der Waals surface area contributed by atoms with Gasteiger partial charge in [-0.15, -0.1) is 0 Å². The number of fused-ring (bicyclic) bond motifs is 6. The number of carbonyl (C=O) groups is 3. The van der Waals surface area contributed by atoms with Crippen molar-refractivity contribution in [2.45, 2.75) is 17.5 Å². The zero-order valence-electron chi connectivity index (χ0n) is 24.1. The van der Waals surface area contributed by atoms with E-state index >= 15 is 4.79 Å². The maximum atomic E-state index is 15.0. The van der Waals surface area contributed by atoms with Crippen molar-refractivity contribution in [3.63, 3.8) is 0 Å². The van der Waals surface area contributed by atoms with E-state index in [2.05, 4.69) is 11.9 Å². The number of para-hydroxylation sites is 1. The molecule has 1 amide bonds. The Morgan fingerprint density at radius 1 is 0.909 bits per heavy atom. The van der Waals surface area contributed by atoms with Gasteiger partial charge in [0.15, 0.2) is 11.6 Å². The zero-order valence-corrected chi connectivity index (χ0v) is 24.1. The second kappa shape index (κ2) is 10.7. The SMILES string of the molecule is C=CCOc1cccc(C(=O)[C@@H]2[C@@H](C(=O)c3ccc(OC)cc3)N3C=Cc4ccccc4[C@@H]3[C@]23C(=O)Nc2ccccc23)c1. The van der Waals surface area contributed by atoms with Crippen molar-refractivity contribution in [3.05, 3.63) is 144 Å². The Morgan fingerprint density at radius 2 is 1.68 bits per heavy atom. The first kappa shape index (κ1) is 27.4. The van der Waals surface area contributed by atoms with Crippen LogP contribution in [0.3, 0.4) is 0 Å². The number of rotatable bonds is 8. The molecule has 4 aromatic rings. The lowest BCUT2D eigenvalue weighted by atomic mass is 9.62. The van der Waals surface area contributed by atoms with Crippen LogP contribution >= 0.6 is 0 Å². The Hall–Kier alpha value is -5.43. The van der Waals surface area contributed by atoms with Gasteiger partial charge in [0.1, 0.15) is 29.6 Å². The minimum Gasteiger partial charge on any atom is -0.497 e. The summed E-state index contributed by atoms with van der Waals surface area (Å²) in [7, 11) is 1.57. The fourth-order valence-corrected chi connectivity index (χ4v) is 7.17. The van der Waals surface area contributed by atoms with Crippen LogP contribution in [0.5, 0.6) is 11.5 Å². The Kier molecular flexibility index (Phi) is 6.66. The third kappa shape index (κ3) is 4.00. The first-order valence-corrected chi connectivity index (χ1v) is 14.5. The fourth-order valence-electron chi connectivity index (χ4n) is 7.17. The molecule has 7 nitrogen and oxygen atoms in total. The number of hydrogen-bond donors (Lipinski definition) is 1. The smallest absolute Gasteiger partial charge is 0.238 e. The van der Waals surface area contributed by atoms with E-state index in [0.29, 0.717) is 33.9 Å². The molecule has 0 saturated carbocycles. The van der Waals surface area contributed by atoms with Gasteiger partial charge in [0, 0.05) is 23.0 Å². The van der Waals surface area contributed by atoms with E-state index in [-0.39, 0.29) is 24.1 Å². The summed E-state index contributed by atoms with van der Waals surface area (Å²) in [5.74, 6) is -0.832. The van der Waals surface area contributed by atoms with Crippen molar-refractivity contribution in [2.75, 3.05) is 19.0 Å². The van der Waals surface area contributed by atoms with Crippen LogP contribution in [0.4, 0.5) is 5.69 Å². The van der Waals surface area contributed by atoms with Gasteiger partial charge in [-0.3, -0.25) is 14.4 Å². The highest BCUT2D eigenvalue weighted by atomic mass is 16.5. The van der Waals surface area contributed by atoms with Crippen LogP contribution < -0.4 is 14.8 Å². The number of ketones is 2. The maximum absolute atomic E-state index is 15.0. The standard InChI is InChI=1S/C37H30N2O5/c1-3-21-44-27-11-8-10-25(22-27)33(40)31-32(34(41)24-15-17-26(43-2)18-16-24)39-20-19-23-9-4-5-12-28(23)35(39)37(31)29-13-6-7-14-30(29)38-36(37)42/h3-20,22,31-32,35H,1,21H2,2H3,(H,38,42)/t31-,32-,35+,37+/m0/s1. The Labute approximate surface area is 255 Å². The summed E-state index contributed by atoms with van der Waals surface area (Å²) < 4.78 is 11.1. The molecular formula is C37H30N2O5. The number of amides is 1. The molecule has 4 atom stereocenters. The van der Waals surface area contributed by atoms with E-state index in [4.69, 9.17) is 9.47 Å². The molecule has 0 aliphatic carbocycles. The van der Waals surface area contributed by atoms with Gasteiger partial charge in [-0.05, 0) is 65.2 Å². The lowest BCUT2D eigenvalue weighted by molar-refractivity contribution is -0.122. The molecule has 3 aliphatic heterocycles. The third-order valence-electron chi connectivity index (χ3n) is 8.98. The molecule has 1 fully saturated rings. The lowest BCUT2D eigenvalue weighted by Gasteiger charge is -2.38. The third-order valence-corrected chi connectivity index (χ3v) is 8.98. The molecule has 0 aromatic heterocycles. The average Bonchev–Trinajstić information content (AvgIpc) is 3.55. The summed E-state index contributed by atoms with van der Waals surface area (Å²) in [5, 5.41) is 3.08. The number of carbonyl (C=O) groups excluding carboxylic acids is 3. The number of methoxy groups -OCH3 is 1. The van der Waals surface area contributed by atoms with Gasteiger partial charge in [0.25, 0.3) is 0 Å². The van der Waals surface area contributed by atoms with Gasteiger partial charge in [0.05, 0.1) is 19.1 Å². The molecule has 3 aliphatic rings. The highest BCUT2D eigenvalue weighted by Crippen LogP contribution is 2.62. The van der Waals surface area contributed by atoms with Gasteiger partial charge < -0.3 is 19.7 Å². The van der Waals surface area contributed by atoms with Crippen LogP contribution in [0.1, 0.15) is 43.4 Å². The highest BCUT2D eigenvalue weighted by molar-refractivity contribution is 6.16. The van der Waals surface area contributed by atoms with E-state index in [0.717, 1.165) is 11.1 Å². The van der Waals surface area contributed by atoms with Crippen molar-refractivity contribution in [2.24, 2.45) is 5.92 Å². The average molecular weight is 583 g/mol. The van der Waals surface area contributed by atoms with Crippen LogP contribution in [0.15, 0.2) is 116 Å². The fraction of sp³-hybridized carbons (Fsp3) is 0.162. The molecule has 1 saturated heterocycles. The summed E-state index contributed by atoms with van der Waals surface area (Å²) in [6.07, 6.45) is 5.45. The number of benzene rings is 4. The summed E-state index contributed by atoms with van der Waals surface area (Å²) in [5.41, 5.74) is 2.54. The van der Waals surface area contributed by atoms with E-state index in [1.165, 1.54) is 0 Å². The van der Waals surface area contributed by atoms with E-state index in [9.17, 15) is 9.59 Å². The summed E-state index contributed by atoms with van der Waals surface area (Å²) >= 11 is 0. The minimum atomic E-state index is -1.40. The van der Waals surface area contributed by atoms with E-state index in [1.807, 2.05) is 65.7 Å².